The number of methoxy groups -OCH3 is 1. The predicted octanol–water partition coefficient (Wildman–Crippen LogP) is 3.60. The van der Waals surface area contributed by atoms with Crippen molar-refractivity contribution in [1.29, 1.82) is 0 Å². The molecule has 0 heterocycles. The standard InChI is InChI=1S/C22H36N4O3.HI/c1-6-23-21(25-15-20(27)26-22(2,3)4)24-14-16-11-12-18(28-5)19(13-16)29-17-9-7-8-10-17;/h11-13,17H,6-10,14-15H2,1-5H3,(H,26,27)(H2,23,24,25);1H. The Morgan fingerprint density at radius 2 is 1.87 bits per heavy atom. The lowest BCUT2D eigenvalue weighted by molar-refractivity contribution is -0.121. The molecule has 1 saturated carbocycles. The fourth-order valence-corrected chi connectivity index (χ4v) is 3.24. The van der Waals surface area contributed by atoms with Crippen LogP contribution >= 0.6 is 24.0 Å². The summed E-state index contributed by atoms with van der Waals surface area (Å²) < 4.78 is 11.6. The van der Waals surface area contributed by atoms with Gasteiger partial charge in [-0.3, -0.25) is 4.79 Å². The fraction of sp³-hybridized carbons (Fsp3) is 0.636. The van der Waals surface area contributed by atoms with E-state index in [1.807, 2.05) is 45.9 Å². The number of benzene rings is 1. The number of nitrogens with zero attached hydrogens (tertiary/aromatic N) is 1. The van der Waals surface area contributed by atoms with Crippen LogP contribution in [0.4, 0.5) is 0 Å². The Hall–Kier alpha value is -1.71. The smallest absolute Gasteiger partial charge is 0.239 e. The maximum absolute atomic E-state index is 12.0. The zero-order chi connectivity index (χ0) is 21.3. The molecule has 8 heteroatoms. The number of hydrogen-bond acceptors (Lipinski definition) is 4. The molecule has 0 bridgehead atoms. The number of carbonyl (C=O) groups excluding carboxylic acids is 1. The highest BCUT2D eigenvalue weighted by atomic mass is 127. The molecular weight excluding hydrogens is 495 g/mol. The summed E-state index contributed by atoms with van der Waals surface area (Å²) in [5.74, 6) is 2.05. The van der Waals surface area contributed by atoms with Crippen LogP contribution in [0.1, 0.15) is 58.9 Å². The first-order valence-corrected chi connectivity index (χ1v) is 10.5. The zero-order valence-corrected chi connectivity index (χ0v) is 21.2. The number of halogens is 1. The minimum Gasteiger partial charge on any atom is -0.493 e. The Balaban J connectivity index is 0.00000450. The van der Waals surface area contributed by atoms with Crippen LogP contribution in [-0.2, 0) is 11.3 Å². The third kappa shape index (κ3) is 9.40. The van der Waals surface area contributed by atoms with Crippen LogP contribution in [0, 0.1) is 0 Å². The average molecular weight is 532 g/mol. The van der Waals surface area contributed by atoms with E-state index in [2.05, 4.69) is 20.9 Å². The molecule has 1 aliphatic rings. The summed E-state index contributed by atoms with van der Waals surface area (Å²) >= 11 is 0. The number of nitrogens with one attached hydrogen (secondary N) is 3. The molecule has 0 aliphatic heterocycles. The number of amides is 1. The minimum absolute atomic E-state index is 0. The van der Waals surface area contributed by atoms with E-state index in [-0.39, 0.29) is 48.1 Å². The van der Waals surface area contributed by atoms with Gasteiger partial charge in [0.05, 0.1) is 26.3 Å². The largest absolute Gasteiger partial charge is 0.493 e. The molecule has 3 N–H and O–H groups in total. The van der Waals surface area contributed by atoms with Crippen LogP contribution in [0.3, 0.4) is 0 Å². The van der Waals surface area contributed by atoms with Crippen LogP contribution < -0.4 is 25.4 Å². The van der Waals surface area contributed by atoms with Crippen molar-refractivity contribution in [3.8, 4) is 11.5 Å². The molecule has 1 aromatic rings. The SMILES string of the molecule is CCNC(=NCc1ccc(OC)c(OC2CCCC2)c1)NCC(=O)NC(C)(C)C.I. The number of guanidine groups is 1. The number of rotatable bonds is 8. The highest BCUT2D eigenvalue weighted by molar-refractivity contribution is 14.0. The van der Waals surface area contributed by atoms with Gasteiger partial charge in [-0.1, -0.05) is 6.07 Å². The van der Waals surface area contributed by atoms with Gasteiger partial charge >= 0.3 is 0 Å². The van der Waals surface area contributed by atoms with Crippen LogP contribution in [-0.4, -0.2) is 43.7 Å². The topological polar surface area (TPSA) is 84.0 Å². The van der Waals surface area contributed by atoms with Gasteiger partial charge in [0.2, 0.25) is 5.91 Å². The first-order valence-electron chi connectivity index (χ1n) is 10.5. The van der Waals surface area contributed by atoms with Gasteiger partial charge in [0.15, 0.2) is 17.5 Å². The summed E-state index contributed by atoms with van der Waals surface area (Å²) in [6, 6.07) is 5.91. The molecule has 1 amide bonds. The van der Waals surface area contributed by atoms with Gasteiger partial charge in [0.25, 0.3) is 0 Å². The molecule has 0 aromatic heterocycles. The zero-order valence-electron chi connectivity index (χ0n) is 18.8. The second-order valence-corrected chi connectivity index (χ2v) is 8.36. The highest BCUT2D eigenvalue weighted by Gasteiger charge is 2.18. The van der Waals surface area contributed by atoms with Gasteiger partial charge in [0.1, 0.15) is 0 Å². The first kappa shape index (κ1) is 26.3. The normalized spacial score (nSPS) is 14.6. The quantitative estimate of drug-likeness (QED) is 0.271. The molecule has 1 fully saturated rings. The molecule has 0 unspecified atom stereocenters. The molecule has 0 saturated heterocycles. The number of hydrogen-bond donors (Lipinski definition) is 3. The Labute approximate surface area is 197 Å². The third-order valence-corrected chi connectivity index (χ3v) is 4.52. The Kier molecular flexibility index (Phi) is 11.3. The van der Waals surface area contributed by atoms with Crippen LogP contribution in [0.2, 0.25) is 0 Å². The van der Waals surface area contributed by atoms with Gasteiger partial charge < -0.3 is 25.4 Å². The molecule has 0 atom stereocenters. The lowest BCUT2D eigenvalue weighted by atomic mass is 10.1. The molecule has 30 heavy (non-hydrogen) atoms. The highest BCUT2D eigenvalue weighted by Crippen LogP contribution is 2.32. The van der Waals surface area contributed by atoms with Gasteiger partial charge in [-0.05, 0) is 71.1 Å². The second kappa shape index (κ2) is 12.9. The van der Waals surface area contributed by atoms with Crippen molar-refractivity contribution in [2.24, 2.45) is 4.99 Å². The van der Waals surface area contributed by atoms with E-state index in [0.717, 1.165) is 29.9 Å². The molecule has 1 aliphatic carbocycles. The molecule has 0 spiro atoms. The van der Waals surface area contributed by atoms with E-state index in [1.54, 1.807) is 7.11 Å². The maximum Gasteiger partial charge on any atom is 0.239 e. The lowest BCUT2D eigenvalue weighted by Crippen LogP contribution is -2.48. The fourth-order valence-electron chi connectivity index (χ4n) is 3.24. The molecule has 2 rings (SSSR count). The Morgan fingerprint density at radius 3 is 2.47 bits per heavy atom. The number of aliphatic imine (C=N–C) groups is 1. The second-order valence-electron chi connectivity index (χ2n) is 8.36. The minimum atomic E-state index is -0.257. The number of carbonyl (C=O) groups is 1. The summed E-state index contributed by atoms with van der Waals surface area (Å²) in [7, 11) is 1.66. The summed E-state index contributed by atoms with van der Waals surface area (Å²) in [5.41, 5.74) is 0.766. The number of ether oxygens (including phenoxy) is 2. The van der Waals surface area contributed by atoms with E-state index in [0.29, 0.717) is 19.0 Å². The Bertz CT molecular complexity index is 698. The maximum atomic E-state index is 12.0. The van der Waals surface area contributed by atoms with E-state index in [1.165, 1.54) is 12.8 Å². The molecule has 7 nitrogen and oxygen atoms in total. The molecule has 170 valence electrons. The summed E-state index contributed by atoms with van der Waals surface area (Å²) in [4.78, 5) is 16.6. The van der Waals surface area contributed by atoms with Crippen LogP contribution in [0.5, 0.6) is 11.5 Å². The average Bonchev–Trinajstić information content (AvgIpc) is 3.16. The summed E-state index contributed by atoms with van der Waals surface area (Å²) in [5, 5.41) is 9.18. The lowest BCUT2D eigenvalue weighted by Gasteiger charge is -2.21. The predicted molar refractivity (Wildman–Crippen MR) is 132 cm³/mol. The van der Waals surface area contributed by atoms with E-state index >= 15 is 0 Å². The molecule has 0 radical (unpaired) electrons. The van der Waals surface area contributed by atoms with Crippen molar-refractivity contribution < 1.29 is 14.3 Å². The van der Waals surface area contributed by atoms with Gasteiger partial charge in [-0.2, -0.15) is 0 Å². The first-order chi connectivity index (χ1) is 13.8. The van der Waals surface area contributed by atoms with Crippen molar-refractivity contribution in [3.05, 3.63) is 23.8 Å². The van der Waals surface area contributed by atoms with Crippen molar-refractivity contribution in [1.82, 2.24) is 16.0 Å². The Morgan fingerprint density at radius 1 is 1.17 bits per heavy atom. The van der Waals surface area contributed by atoms with E-state index < -0.39 is 0 Å². The van der Waals surface area contributed by atoms with Gasteiger partial charge in [0, 0.05) is 12.1 Å². The van der Waals surface area contributed by atoms with Crippen molar-refractivity contribution in [3.63, 3.8) is 0 Å². The molecule has 1 aromatic carbocycles. The third-order valence-electron chi connectivity index (χ3n) is 4.52. The van der Waals surface area contributed by atoms with Gasteiger partial charge in [-0.25, -0.2) is 4.99 Å². The van der Waals surface area contributed by atoms with Crippen LogP contribution in [0.15, 0.2) is 23.2 Å². The molecular formula is C22H37IN4O3. The van der Waals surface area contributed by atoms with E-state index in [9.17, 15) is 4.79 Å². The van der Waals surface area contributed by atoms with Crippen LogP contribution in [0.25, 0.3) is 0 Å². The van der Waals surface area contributed by atoms with Crippen molar-refractivity contribution >= 4 is 35.8 Å². The van der Waals surface area contributed by atoms with Gasteiger partial charge in [-0.15, -0.1) is 24.0 Å². The van der Waals surface area contributed by atoms with E-state index in [4.69, 9.17) is 9.47 Å². The monoisotopic (exact) mass is 532 g/mol. The summed E-state index contributed by atoms with van der Waals surface area (Å²) in [6.45, 7) is 9.22. The van der Waals surface area contributed by atoms with Crippen molar-refractivity contribution in [2.45, 2.75) is 71.6 Å². The van der Waals surface area contributed by atoms with Crippen molar-refractivity contribution in [2.75, 3.05) is 20.2 Å². The summed E-state index contributed by atoms with van der Waals surface area (Å²) in [6.07, 6.45) is 4.89.